The van der Waals surface area contributed by atoms with Crippen molar-refractivity contribution in [1.82, 2.24) is 4.98 Å². The van der Waals surface area contributed by atoms with Gasteiger partial charge in [-0.05, 0) is 19.1 Å². The van der Waals surface area contributed by atoms with Gasteiger partial charge in [-0.25, -0.2) is 9.78 Å². The first kappa shape index (κ1) is 12.2. The van der Waals surface area contributed by atoms with Crippen molar-refractivity contribution in [3.8, 4) is 17.1 Å². The summed E-state index contributed by atoms with van der Waals surface area (Å²) in [4.78, 5) is 15.3. The summed E-state index contributed by atoms with van der Waals surface area (Å²) in [6.07, 6.45) is 1.49. The Morgan fingerprint density at radius 1 is 1.44 bits per heavy atom. The van der Waals surface area contributed by atoms with Gasteiger partial charge in [0.05, 0.1) is 19.9 Å². The molecule has 0 bridgehead atoms. The molecular formula is C13H13NO4. The summed E-state index contributed by atoms with van der Waals surface area (Å²) in [5.74, 6) is 0.597. The van der Waals surface area contributed by atoms with Crippen LogP contribution in [-0.2, 0) is 4.74 Å². The molecule has 0 unspecified atom stereocenters. The third-order valence-corrected chi connectivity index (χ3v) is 2.31. The van der Waals surface area contributed by atoms with E-state index in [1.165, 1.54) is 6.20 Å². The van der Waals surface area contributed by atoms with Crippen LogP contribution in [0.25, 0.3) is 11.3 Å². The Bertz CT molecular complexity index is 547. The van der Waals surface area contributed by atoms with Crippen LogP contribution in [0.3, 0.4) is 0 Å². The third-order valence-electron chi connectivity index (χ3n) is 2.31. The summed E-state index contributed by atoms with van der Waals surface area (Å²) >= 11 is 0. The minimum atomic E-state index is -0.563. The number of esters is 1. The van der Waals surface area contributed by atoms with Gasteiger partial charge >= 0.3 is 11.9 Å². The monoisotopic (exact) mass is 247 g/mol. The molecule has 2 rings (SSSR count). The molecule has 0 aliphatic heterocycles. The quantitative estimate of drug-likeness (QED) is 0.777. The van der Waals surface area contributed by atoms with E-state index in [1.807, 2.05) is 18.2 Å². The maximum Gasteiger partial charge on any atom is 0.394 e. The number of aromatic nitrogens is 1. The van der Waals surface area contributed by atoms with E-state index in [-0.39, 0.29) is 12.5 Å². The highest BCUT2D eigenvalue weighted by Crippen LogP contribution is 2.24. The summed E-state index contributed by atoms with van der Waals surface area (Å²) in [5, 5.41) is 0. The first-order chi connectivity index (χ1) is 8.74. The van der Waals surface area contributed by atoms with Crippen LogP contribution in [-0.4, -0.2) is 24.7 Å². The molecule has 5 heteroatoms. The lowest BCUT2D eigenvalue weighted by Gasteiger charge is -2.01. The minimum Gasteiger partial charge on any atom is -0.497 e. The van der Waals surface area contributed by atoms with Crippen molar-refractivity contribution >= 4 is 5.97 Å². The molecule has 0 fully saturated rings. The molecule has 0 saturated carbocycles. The van der Waals surface area contributed by atoms with E-state index < -0.39 is 5.97 Å². The number of methoxy groups -OCH3 is 1. The third kappa shape index (κ3) is 2.51. The lowest BCUT2D eigenvalue weighted by molar-refractivity contribution is 0.0482. The first-order valence-electron chi connectivity index (χ1n) is 5.52. The van der Waals surface area contributed by atoms with Crippen molar-refractivity contribution in [1.29, 1.82) is 0 Å². The van der Waals surface area contributed by atoms with Gasteiger partial charge in [0.1, 0.15) is 5.75 Å². The molecule has 1 aromatic heterocycles. The first-order valence-corrected chi connectivity index (χ1v) is 5.52. The average Bonchev–Trinajstić information content (AvgIpc) is 2.89. The number of hydrogen-bond acceptors (Lipinski definition) is 5. The lowest BCUT2D eigenvalue weighted by Crippen LogP contribution is -2.04. The predicted octanol–water partition coefficient (Wildman–Crippen LogP) is 2.53. The van der Waals surface area contributed by atoms with Crippen LogP contribution in [0.4, 0.5) is 0 Å². The van der Waals surface area contributed by atoms with Gasteiger partial charge in [-0.3, -0.25) is 0 Å². The molecule has 2 aromatic rings. The number of rotatable bonds is 4. The van der Waals surface area contributed by atoms with Gasteiger partial charge in [0.25, 0.3) is 0 Å². The molecule has 18 heavy (non-hydrogen) atoms. The second-order valence-corrected chi connectivity index (χ2v) is 3.48. The summed E-state index contributed by atoms with van der Waals surface area (Å²) in [6, 6.07) is 7.31. The van der Waals surface area contributed by atoms with Crippen molar-refractivity contribution in [2.75, 3.05) is 13.7 Å². The van der Waals surface area contributed by atoms with Crippen molar-refractivity contribution in [2.45, 2.75) is 6.92 Å². The molecule has 0 aliphatic rings. The van der Waals surface area contributed by atoms with Crippen LogP contribution in [0.2, 0.25) is 0 Å². The number of ether oxygens (including phenoxy) is 2. The molecule has 0 N–H and O–H groups in total. The maximum absolute atomic E-state index is 11.4. The zero-order chi connectivity index (χ0) is 13.0. The minimum absolute atomic E-state index is 0.0466. The van der Waals surface area contributed by atoms with E-state index >= 15 is 0 Å². The molecule has 1 aromatic carbocycles. The van der Waals surface area contributed by atoms with Gasteiger partial charge < -0.3 is 13.9 Å². The Hall–Kier alpha value is -2.30. The number of carbonyl (C=O) groups is 1. The topological polar surface area (TPSA) is 61.6 Å². The largest absolute Gasteiger partial charge is 0.497 e. The average molecular weight is 247 g/mol. The van der Waals surface area contributed by atoms with Gasteiger partial charge in [-0.2, -0.15) is 0 Å². The van der Waals surface area contributed by atoms with Gasteiger partial charge in [-0.1, -0.05) is 12.1 Å². The zero-order valence-electron chi connectivity index (χ0n) is 10.2. The van der Waals surface area contributed by atoms with Crippen LogP contribution in [0.1, 0.15) is 17.6 Å². The van der Waals surface area contributed by atoms with Crippen molar-refractivity contribution in [2.24, 2.45) is 0 Å². The van der Waals surface area contributed by atoms with Crippen molar-refractivity contribution < 1.29 is 18.7 Å². The highest BCUT2D eigenvalue weighted by Gasteiger charge is 2.15. The van der Waals surface area contributed by atoms with Crippen molar-refractivity contribution in [3.63, 3.8) is 0 Å². The molecule has 0 radical (unpaired) electrons. The molecule has 94 valence electrons. The van der Waals surface area contributed by atoms with Gasteiger partial charge in [0.15, 0.2) is 5.76 Å². The Kier molecular flexibility index (Phi) is 3.62. The van der Waals surface area contributed by atoms with Gasteiger partial charge in [-0.15, -0.1) is 0 Å². The smallest absolute Gasteiger partial charge is 0.394 e. The molecule has 5 nitrogen and oxygen atoms in total. The highest BCUT2D eigenvalue weighted by molar-refractivity contribution is 5.84. The van der Waals surface area contributed by atoms with E-state index in [0.29, 0.717) is 11.5 Å². The van der Waals surface area contributed by atoms with Crippen LogP contribution >= 0.6 is 0 Å². The summed E-state index contributed by atoms with van der Waals surface area (Å²) in [6.45, 7) is 2.01. The number of hydrogen-bond donors (Lipinski definition) is 0. The van der Waals surface area contributed by atoms with E-state index in [0.717, 1.165) is 5.56 Å². The molecule has 0 spiro atoms. The normalized spacial score (nSPS) is 10.1. The summed E-state index contributed by atoms with van der Waals surface area (Å²) in [5.41, 5.74) is 0.789. The van der Waals surface area contributed by atoms with Gasteiger partial charge in [0.2, 0.25) is 0 Å². The Morgan fingerprint density at radius 3 is 3.00 bits per heavy atom. The standard InChI is InChI=1S/C13H13NO4/c1-3-17-13(15)12-14-8-11(18-12)9-5-4-6-10(7-9)16-2/h4-8H,3H2,1-2H3. The fourth-order valence-electron chi connectivity index (χ4n) is 1.47. The van der Waals surface area contributed by atoms with E-state index in [9.17, 15) is 4.79 Å². The van der Waals surface area contributed by atoms with Crippen LogP contribution in [0.15, 0.2) is 34.9 Å². The van der Waals surface area contributed by atoms with Crippen LogP contribution in [0, 0.1) is 0 Å². The number of benzene rings is 1. The summed E-state index contributed by atoms with van der Waals surface area (Å²) in [7, 11) is 1.59. The molecule has 0 saturated heterocycles. The van der Waals surface area contributed by atoms with E-state index in [2.05, 4.69) is 4.98 Å². The molecule has 1 heterocycles. The molecule has 0 aliphatic carbocycles. The van der Waals surface area contributed by atoms with Gasteiger partial charge in [0, 0.05) is 5.56 Å². The Balaban J connectivity index is 2.26. The number of nitrogens with zero attached hydrogens (tertiary/aromatic N) is 1. The van der Waals surface area contributed by atoms with E-state index in [4.69, 9.17) is 13.9 Å². The Labute approximate surface area is 104 Å². The van der Waals surface area contributed by atoms with Crippen LogP contribution in [0.5, 0.6) is 5.75 Å². The second-order valence-electron chi connectivity index (χ2n) is 3.48. The predicted molar refractivity (Wildman–Crippen MR) is 64.4 cm³/mol. The molecule has 0 atom stereocenters. The fourth-order valence-corrected chi connectivity index (χ4v) is 1.47. The second kappa shape index (κ2) is 5.35. The lowest BCUT2D eigenvalue weighted by atomic mass is 10.2. The highest BCUT2D eigenvalue weighted by atomic mass is 16.5. The number of carbonyl (C=O) groups excluding carboxylic acids is 1. The Morgan fingerprint density at radius 2 is 2.28 bits per heavy atom. The van der Waals surface area contributed by atoms with E-state index in [1.54, 1.807) is 20.1 Å². The number of oxazole rings is 1. The maximum atomic E-state index is 11.4. The SMILES string of the molecule is CCOC(=O)c1ncc(-c2cccc(OC)c2)o1. The molecular weight excluding hydrogens is 234 g/mol. The van der Waals surface area contributed by atoms with Crippen molar-refractivity contribution in [3.05, 3.63) is 36.4 Å². The summed E-state index contributed by atoms with van der Waals surface area (Å²) < 4.78 is 15.3. The zero-order valence-corrected chi connectivity index (χ0v) is 10.2. The van der Waals surface area contributed by atoms with Crippen LogP contribution < -0.4 is 4.74 Å². The molecule has 0 amide bonds. The fraction of sp³-hybridized carbons (Fsp3) is 0.231.